The molecule has 0 spiro atoms. The second kappa shape index (κ2) is 9.68. The molecule has 3 aromatic rings. The molecule has 0 radical (unpaired) electrons. The van der Waals surface area contributed by atoms with Gasteiger partial charge in [-0.2, -0.15) is 0 Å². The van der Waals surface area contributed by atoms with Crippen LogP contribution in [0.25, 0.3) is 0 Å². The van der Waals surface area contributed by atoms with E-state index in [1.807, 2.05) is 66.7 Å². The van der Waals surface area contributed by atoms with Crippen molar-refractivity contribution in [3.05, 3.63) is 102 Å². The highest BCUT2D eigenvalue weighted by Crippen LogP contribution is 2.29. The summed E-state index contributed by atoms with van der Waals surface area (Å²) in [7, 11) is 1.96. The van der Waals surface area contributed by atoms with E-state index in [9.17, 15) is 4.79 Å². The molecule has 4 heteroatoms. The maximum absolute atomic E-state index is 13.2. The van der Waals surface area contributed by atoms with Crippen LogP contribution in [0.2, 0.25) is 0 Å². The Hall–Kier alpha value is -2.98. The summed E-state index contributed by atoms with van der Waals surface area (Å²) in [5.41, 5.74) is 3.46. The van der Waals surface area contributed by atoms with Crippen LogP contribution < -0.4 is 0 Å². The lowest BCUT2D eigenvalue weighted by Gasteiger charge is -2.27. The molecule has 1 amide bonds. The van der Waals surface area contributed by atoms with Gasteiger partial charge in [-0.05, 0) is 29.7 Å². The second-order valence-electron chi connectivity index (χ2n) is 8.08. The standard InChI is InChI=1S/C26H29N3O/c1-28(24-15-17-29(20-24)19-23-14-8-9-16-27-23)26(30)18-25(21-10-4-2-5-11-21)22-12-6-3-7-13-22/h2-14,16,24-25H,15,17-20H2,1H3/t24-/m0/s1. The van der Waals surface area contributed by atoms with Gasteiger partial charge in [-0.25, -0.2) is 0 Å². The molecule has 1 saturated heterocycles. The van der Waals surface area contributed by atoms with Crippen LogP contribution in [0.5, 0.6) is 0 Å². The van der Waals surface area contributed by atoms with E-state index >= 15 is 0 Å². The van der Waals surface area contributed by atoms with Crippen LogP contribution in [0.1, 0.15) is 35.6 Å². The topological polar surface area (TPSA) is 36.4 Å². The lowest BCUT2D eigenvalue weighted by molar-refractivity contribution is -0.132. The second-order valence-corrected chi connectivity index (χ2v) is 8.08. The van der Waals surface area contributed by atoms with E-state index in [2.05, 4.69) is 40.2 Å². The van der Waals surface area contributed by atoms with Crippen molar-refractivity contribution in [1.82, 2.24) is 14.8 Å². The first kappa shape index (κ1) is 20.3. The third-order valence-corrected chi connectivity index (χ3v) is 6.08. The summed E-state index contributed by atoms with van der Waals surface area (Å²) in [6.45, 7) is 2.75. The first-order valence-electron chi connectivity index (χ1n) is 10.7. The zero-order valence-corrected chi connectivity index (χ0v) is 17.5. The number of carbonyl (C=O) groups is 1. The number of rotatable bonds is 7. The summed E-state index contributed by atoms with van der Waals surface area (Å²) in [4.78, 5) is 22.0. The van der Waals surface area contributed by atoms with E-state index < -0.39 is 0 Å². The van der Waals surface area contributed by atoms with E-state index in [0.717, 1.165) is 31.7 Å². The predicted octanol–water partition coefficient (Wildman–Crippen LogP) is 4.34. The van der Waals surface area contributed by atoms with Gasteiger partial charge in [0.1, 0.15) is 0 Å². The average Bonchev–Trinajstić information content (AvgIpc) is 3.27. The summed E-state index contributed by atoms with van der Waals surface area (Å²) < 4.78 is 0. The number of pyridine rings is 1. The van der Waals surface area contributed by atoms with E-state index in [1.54, 1.807) is 0 Å². The normalized spacial score (nSPS) is 16.7. The van der Waals surface area contributed by atoms with Crippen LogP contribution >= 0.6 is 0 Å². The molecule has 4 rings (SSSR count). The van der Waals surface area contributed by atoms with Crippen molar-refractivity contribution in [1.29, 1.82) is 0 Å². The monoisotopic (exact) mass is 399 g/mol. The fourth-order valence-electron chi connectivity index (χ4n) is 4.31. The van der Waals surface area contributed by atoms with Crippen molar-refractivity contribution in [2.24, 2.45) is 0 Å². The number of aromatic nitrogens is 1. The third kappa shape index (κ3) is 4.95. The molecule has 30 heavy (non-hydrogen) atoms. The van der Waals surface area contributed by atoms with E-state index in [-0.39, 0.29) is 17.9 Å². The Morgan fingerprint density at radius 2 is 1.63 bits per heavy atom. The molecule has 1 atom stereocenters. The van der Waals surface area contributed by atoms with Crippen molar-refractivity contribution in [2.75, 3.05) is 20.1 Å². The fourth-order valence-corrected chi connectivity index (χ4v) is 4.31. The van der Waals surface area contributed by atoms with Gasteiger partial charge in [-0.3, -0.25) is 14.7 Å². The molecule has 4 nitrogen and oxygen atoms in total. The van der Waals surface area contributed by atoms with Crippen molar-refractivity contribution >= 4 is 5.91 Å². The molecule has 0 saturated carbocycles. The smallest absolute Gasteiger partial charge is 0.223 e. The van der Waals surface area contributed by atoms with Crippen LogP contribution in [0.3, 0.4) is 0 Å². The van der Waals surface area contributed by atoms with Crippen LogP contribution in [0.4, 0.5) is 0 Å². The summed E-state index contributed by atoms with van der Waals surface area (Å²) in [6, 6.07) is 27.0. The molecule has 1 aliphatic rings. The van der Waals surface area contributed by atoms with Gasteiger partial charge in [-0.15, -0.1) is 0 Å². The lowest BCUT2D eigenvalue weighted by atomic mass is 9.88. The molecular formula is C26H29N3O. The Bertz CT molecular complexity index is 891. The number of benzene rings is 2. The fraction of sp³-hybridized carbons (Fsp3) is 0.308. The lowest BCUT2D eigenvalue weighted by Crippen LogP contribution is -2.39. The highest BCUT2D eigenvalue weighted by Gasteiger charge is 2.30. The molecule has 0 bridgehead atoms. The zero-order chi connectivity index (χ0) is 20.8. The van der Waals surface area contributed by atoms with Crippen LogP contribution in [0, 0.1) is 0 Å². The first-order chi connectivity index (χ1) is 14.7. The van der Waals surface area contributed by atoms with Crippen LogP contribution in [-0.2, 0) is 11.3 Å². The Labute approximate surface area is 179 Å². The minimum atomic E-state index is 0.0772. The Balaban J connectivity index is 1.41. The molecule has 1 aromatic heterocycles. The predicted molar refractivity (Wildman–Crippen MR) is 120 cm³/mol. The van der Waals surface area contributed by atoms with Crippen molar-refractivity contribution in [3.63, 3.8) is 0 Å². The summed E-state index contributed by atoms with van der Waals surface area (Å²) in [6.07, 6.45) is 3.34. The molecule has 0 N–H and O–H groups in total. The number of carbonyl (C=O) groups excluding carboxylic acids is 1. The number of hydrogen-bond donors (Lipinski definition) is 0. The molecule has 1 aliphatic heterocycles. The van der Waals surface area contributed by atoms with Crippen LogP contribution in [0.15, 0.2) is 85.1 Å². The van der Waals surface area contributed by atoms with Gasteiger partial charge in [0.25, 0.3) is 0 Å². The Kier molecular flexibility index (Phi) is 6.55. The number of likely N-dealkylation sites (N-methyl/N-ethyl adjacent to an activating group) is 1. The third-order valence-electron chi connectivity index (χ3n) is 6.08. The van der Waals surface area contributed by atoms with E-state index in [4.69, 9.17) is 0 Å². The quantitative estimate of drug-likeness (QED) is 0.593. The summed E-state index contributed by atoms with van der Waals surface area (Å²) in [5.74, 6) is 0.283. The van der Waals surface area contributed by atoms with Crippen molar-refractivity contribution in [2.45, 2.75) is 31.3 Å². The molecule has 154 valence electrons. The number of likely N-dealkylation sites (tertiary alicyclic amines) is 1. The maximum atomic E-state index is 13.2. The first-order valence-corrected chi connectivity index (χ1v) is 10.7. The van der Waals surface area contributed by atoms with Gasteiger partial charge in [0.15, 0.2) is 0 Å². The van der Waals surface area contributed by atoms with Gasteiger partial charge in [0.05, 0.1) is 5.69 Å². The zero-order valence-electron chi connectivity index (χ0n) is 17.5. The van der Waals surface area contributed by atoms with Gasteiger partial charge in [0, 0.05) is 51.3 Å². The maximum Gasteiger partial charge on any atom is 0.223 e. The van der Waals surface area contributed by atoms with Gasteiger partial charge >= 0.3 is 0 Å². The van der Waals surface area contributed by atoms with E-state index in [1.165, 1.54) is 11.1 Å². The van der Waals surface area contributed by atoms with Gasteiger partial charge in [0.2, 0.25) is 5.91 Å². The SMILES string of the molecule is CN(C(=O)CC(c1ccccc1)c1ccccc1)[C@H]1CCN(Cc2ccccn2)C1. The largest absolute Gasteiger partial charge is 0.341 e. The molecule has 0 aliphatic carbocycles. The Morgan fingerprint density at radius 3 is 2.23 bits per heavy atom. The highest BCUT2D eigenvalue weighted by molar-refractivity contribution is 5.78. The molecule has 2 heterocycles. The average molecular weight is 400 g/mol. The van der Waals surface area contributed by atoms with Crippen LogP contribution in [-0.4, -0.2) is 46.9 Å². The molecular weight excluding hydrogens is 370 g/mol. The number of hydrogen-bond acceptors (Lipinski definition) is 3. The summed E-state index contributed by atoms with van der Waals surface area (Å²) in [5, 5.41) is 0. The van der Waals surface area contributed by atoms with Crippen molar-refractivity contribution < 1.29 is 4.79 Å². The summed E-state index contributed by atoms with van der Waals surface area (Å²) >= 11 is 0. The minimum Gasteiger partial charge on any atom is -0.341 e. The molecule has 1 fully saturated rings. The Morgan fingerprint density at radius 1 is 1.00 bits per heavy atom. The minimum absolute atomic E-state index is 0.0772. The highest BCUT2D eigenvalue weighted by atomic mass is 16.2. The van der Waals surface area contributed by atoms with Crippen molar-refractivity contribution in [3.8, 4) is 0 Å². The van der Waals surface area contributed by atoms with E-state index in [0.29, 0.717) is 6.42 Å². The van der Waals surface area contributed by atoms with Gasteiger partial charge in [-0.1, -0.05) is 66.7 Å². The molecule has 0 unspecified atom stereocenters. The number of nitrogens with zero attached hydrogens (tertiary/aromatic N) is 3. The number of amides is 1. The molecule has 2 aromatic carbocycles. The van der Waals surface area contributed by atoms with Gasteiger partial charge < -0.3 is 4.90 Å².